The van der Waals surface area contributed by atoms with Gasteiger partial charge in [0.25, 0.3) is 11.8 Å². The first-order valence-electron chi connectivity index (χ1n) is 6.42. The summed E-state index contributed by atoms with van der Waals surface area (Å²) >= 11 is 0. The number of nitrogens with one attached hydrogen (secondary N) is 1. The van der Waals surface area contributed by atoms with Crippen LogP contribution in [0.2, 0.25) is 0 Å². The van der Waals surface area contributed by atoms with Crippen LogP contribution < -0.4 is 5.32 Å². The monoisotopic (exact) mass is 284 g/mol. The summed E-state index contributed by atoms with van der Waals surface area (Å²) in [6.07, 6.45) is 4.39. The Labute approximate surface area is 122 Å². The average molecular weight is 284 g/mol. The third kappa shape index (κ3) is 3.85. The summed E-state index contributed by atoms with van der Waals surface area (Å²) in [6.45, 7) is 0.367. The predicted molar refractivity (Wildman–Crippen MR) is 77.7 cm³/mol. The van der Waals surface area contributed by atoms with Gasteiger partial charge in [0.2, 0.25) is 0 Å². The Morgan fingerprint density at radius 3 is 2.43 bits per heavy atom. The van der Waals surface area contributed by atoms with Crippen LogP contribution >= 0.6 is 0 Å². The Bertz CT molecular complexity index is 624. The molecular formula is C15H16N4O2. The molecule has 2 aromatic rings. The molecule has 21 heavy (non-hydrogen) atoms. The van der Waals surface area contributed by atoms with Crippen LogP contribution in [0.1, 0.15) is 26.4 Å². The lowest BCUT2D eigenvalue weighted by Gasteiger charge is -2.10. The first-order chi connectivity index (χ1) is 10.1. The first kappa shape index (κ1) is 14.6. The molecule has 6 nitrogen and oxygen atoms in total. The summed E-state index contributed by atoms with van der Waals surface area (Å²) in [5.74, 6) is -0.332. The van der Waals surface area contributed by atoms with Crippen LogP contribution in [0.4, 0.5) is 0 Å². The lowest BCUT2D eigenvalue weighted by Crippen LogP contribution is -2.24. The maximum absolute atomic E-state index is 11.8. The SMILES string of the molecule is CN(C)C(=O)c1ccc(CNC(=O)c2cnccn2)cc1. The van der Waals surface area contributed by atoms with E-state index < -0.39 is 0 Å². The van der Waals surface area contributed by atoms with Gasteiger partial charge in [-0.1, -0.05) is 12.1 Å². The molecule has 0 aliphatic carbocycles. The number of carbonyl (C=O) groups excluding carboxylic acids is 2. The van der Waals surface area contributed by atoms with E-state index in [1.807, 2.05) is 12.1 Å². The van der Waals surface area contributed by atoms with E-state index in [-0.39, 0.29) is 17.5 Å². The van der Waals surface area contributed by atoms with Crippen LogP contribution in [0.5, 0.6) is 0 Å². The number of carbonyl (C=O) groups is 2. The zero-order valence-electron chi connectivity index (χ0n) is 11.9. The van der Waals surface area contributed by atoms with Gasteiger partial charge in [0.15, 0.2) is 0 Å². The molecule has 0 spiro atoms. The van der Waals surface area contributed by atoms with Crippen molar-refractivity contribution in [2.75, 3.05) is 14.1 Å². The molecule has 0 radical (unpaired) electrons. The highest BCUT2D eigenvalue weighted by atomic mass is 16.2. The fourth-order valence-electron chi connectivity index (χ4n) is 1.71. The predicted octanol–water partition coefficient (Wildman–Crippen LogP) is 1.11. The number of hydrogen-bond donors (Lipinski definition) is 1. The van der Waals surface area contributed by atoms with Crippen molar-refractivity contribution in [2.24, 2.45) is 0 Å². The van der Waals surface area contributed by atoms with Gasteiger partial charge in [0.05, 0.1) is 6.20 Å². The van der Waals surface area contributed by atoms with Crippen LogP contribution in [0.3, 0.4) is 0 Å². The van der Waals surface area contributed by atoms with Gasteiger partial charge < -0.3 is 10.2 Å². The maximum atomic E-state index is 11.8. The van der Waals surface area contributed by atoms with Crippen molar-refractivity contribution in [3.8, 4) is 0 Å². The van der Waals surface area contributed by atoms with E-state index in [1.54, 1.807) is 26.2 Å². The molecule has 0 aliphatic heterocycles. The zero-order chi connectivity index (χ0) is 15.2. The Morgan fingerprint density at radius 1 is 1.14 bits per heavy atom. The van der Waals surface area contributed by atoms with Crippen molar-refractivity contribution in [3.63, 3.8) is 0 Å². The Kier molecular flexibility index (Phi) is 4.61. The highest BCUT2D eigenvalue weighted by Crippen LogP contribution is 2.06. The fraction of sp³-hybridized carbons (Fsp3) is 0.200. The van der Waals surface area contributed by atoms with Crippen molar-refractivity contribution >= 4 is 11.8 Å². The molecule has 1 aromatic carbocycles. The fourth-order valence-corrected chi connectivity index (χ4v) is 1.71. The number of nitrogens with zero attached hydrogens (tertiary/aromatic N) is 3. The Morgan fingerprint density at radius 2 is 1.86 bits per heavy atom. The standard InChI is InChI=1S/C15H16N4O2/c1-19(2)15(21)12-5-3-11(4-6-12)9-18-14(20)13-10-16-7-8-17-13/h3-8,10H,9H2,1-2H3,(H,18,20). The van der Waals surface area contributed by atoms with Crippen LogP contribution in [-0.2, 0) is 6.54 Å². The summed E-state index contributed by atoms with van der Waals surface area (Å²) in [5.41, 5.74) is 1.79. The van der Waals surface area contributed by atoms with Crippen LogP contribution in [-0.4, -0.2) is 40.8 Å². The largest absolute Gasteiger partial charge is 0.347 e. The second-order valence-corrected chi connectivity index (χ2v) is 4.67. The third-order valence-electron chi connectivity index (χ3n) is 2.86. The number of hydrogen-bond acceptors (Lipinski definition) is 4. The van der Waals surface area contributed by atoms with Gasteiger partial charge in [-0.2, -0.15) is 0 Å². The number of aromatic nitrogens is 2. The van der Waals surface area contributed by atoms with Crippen molar-refractivity contribution in [3.05, 3.63) is 59.7 Å². The van der Waals surface area contributed by atoms with Crippen molar-refractivity contribution in [1.82, 2.24) is 20.2 Å². The summed E-state index contributed by atoms with van der Waals surface area (Å²) in [6, 6.07) is 7.11. The topological polar surface area (TPSA) is 75.2 Å². The quantitative estimate of drug-likeness (QED) is 0.912. The summed E-state index contributed by atoms with van der Waals surface area (Å²) < 4.78 is 0. The summed E-state index contributed by atoms with van der Waals surface area (Å²) in [4.78, 5) is 32.8. The Balaban J connectivity index is 1.95. The molecule has 2 amide bonds. The van der Waals surface area contributed by atoms with E-state index in [9.17, 15) is 9.59 Å². The van der Waals surface area contributed by atoms with Gasteiger partial charge in [-0.3, -0.25) is 14.6 Å². The normalized spacial score (nSPS) is 10.0. The average Bonchev–Trinajstić information content (AvgIpc) is 2.53. The van der Waals surface area contributed by atoms with Crippen LogP contribution in [0.15, 0.2) is 42.9 Å². The molecule has 0 unspecified atom stereocenters. The minimum absolute atomic E-state index is 0.0508. The van der Waals surface area contributed by atoms with Crippen molar-refractivity contribution < 1.29 is 9.59 Å². The van der Waals surface area contributed by atoms with Gasteiger partial charge in [-0.25, -0.2) is 4.98 Å². The van der Waals surface area contributed by atoms with Gasteiger partial charge in [-0.15, -0.1) is 0 Å². The molecule has 108 valence electrons. The summed E-state index contributed by atoms with van der Waals surface area (Å²) in [5, 5.41) is 2.75. The third-order valence-corrected chi connectivity index (χ3v) is 2.86. The van der Waals surface area contributed by atoms with E-state index in [2.05, 4.69) is 15.3 Å². The molecule has 6 heteroatoms. The summed E-state index contributed by atoms with van der Waals surface area (Å²) in [7, 11) is 3.41. The number of rotatable bonds is 4. The van der Waals surface area contributed by atoms with E-state index in [1.165, 1.54) is 23.5 Å². The van der Waals surface area contributed by atoms with E-state index in [0.717, 1.165) is 5.56 Å². The van der Waals surface area contributed by atoms with E-state index in [0.29, 0.717) is 12.1 Å². The molecule has 0 aliphatic rings. The smallest absolute Gasteiger partial charge is 0.271 e. The Hall–Kier alpha value is -2.76. The van der Waals surface area contributed by atoms with Crippen LogP contribution in [0.25, 0.3) is 0 Å². The molecule has 0 saturated carbocycles. The van der Waals surface area contributed by atoms with E-state index in [4.69, 9.17) is 0 Å². The van der Waals surface area contributed by atoms with E-state index >= 15 is 0 Å². The molecule has 0 bridgehead atoms. The first-order valence-corrected chi connectivity index (χ1v) is 6.42. The molecule has 0 saturated heterocycles. The molecule has 0 atom stereocenters. The number of benzene rings is 1. The molecule has 2 rings (SSSR count). The van der Waals surface area contributed by atoms with Gasteiger partial charge in [0.1, 0.15) is 5.69 Å². The lowest BCUT2D eigenvalue weighted by atomic mass is 10.1. The van der Waals surface area contributed by atoms with Crippen LogP contribution in [0, 0.1) is 0 Å². The zero-order valence-corrected chi connectivity index (χ0v) is 11.9. The molecule has 1 aromatic heterocycles. The van der Waals surface area contributed by atoms with Gasteiger partial charge in [-0.05, 0) is 17.7 Å². The second-order valence-electron chi connectivity index (χ2n) is 4.67. The highest BCUT2D eigenvalue weighted by molar-refractivity contribution is 5.94. The highest BCUT2D eigenvalue weighted by Gasteiger charge is 2.08. The molecule has 0 fully saturated rings. The minimum atomic E-state index is -0.281. The molecule has 1 N–H and O–H groups in total. The maximum Gasteiger partial charge on any atom is 0.271 e. The van der Waals surface area contributed by atoms with Crippen molar-refractivity contribution in [2.45, 2.75) is 6.54 Å². The second kappa shape index (κ2) is 6.60. The van der Waals surface area contributed by atoms with Gasteiger partial charge >= 0.3 is 0 Å². The minimum Gasteiger partial charge on any atom is -0.347 e. The lowest BCUT2D eigenvalue weighted by molar-refractivity contribution is 0.0827. The van der Waals surface area contributed by atoms with Gasteiger partial charge in [0, 0.05) is 38.6 Å². The molecular weight excluding hydrogens is 268 g/mol. The number of amides is 2. The van der Waals surface area contributed by atoms with Crippen molar-refractivity contribution in [1.29, 1.82) is 0 Å². The molecule has 1 heterocycles.